The van der Waals surface area contributed by atoms with Gasteiger partial charge in [-0.25, -0.2) is 5.84 Å². The lowest BCUT2D eigenvalue weighted by atomic mass is 10.0. The minimum absolute atomic E-state index is 0.0275. The van der Waals surface area contributed by atoms with E-state index >= 15 is 0 Å². The van der Waals surface area contributed by atoms with Gasteiger partial charge >= 0.3 is 0 Å². The predicted octanol–water partition coefficient (Wildman–Crippen LogP) is 1.27. The fraction of sp³-hybridized carbons (Fsp3) is 0.917. The average Bonchev–Trinajstić information content (AvgIpc) is 2.50. The zero-order valence-electron chi connectivity index (χ0n) is 10.5. The van der Waals surface area contributed by atoms with Crippen molar-refractivity contribution in [2.75, 3.05) is 13.1 Å². The molecule has 16 heavy (non-hydrogen) atoms. The molecule has 3 N–H and O–H groups in total. The largest absolute Gasteiger partial charge is 0.293 e. The SMILES string of the molecule is CCCC(C(=O)NN)N1CCCC(C)CC1. The van der Waals surface area contributed by atoms with Gasteiger partial charge in [-0.2, -0.15) is 0 Å². The number of carbonyl (C=O) groups excluding carboxylic acids is 1. The third-order valence-corrected chi connectivity index (χ3v) is 3.50. The second-order valence-corrected chi connectivity index (χ2v) is 4.89. The summed E-state index contributed by atoms with van der Waals surface area (Å²) in [7, 11) is 0. The molecule has 0 radical (unpaired) electrons. The lowest BCUT2D eigenvalue weighted by Crippen LogP contribution is -2.49. The maximum atomic E-state index is 11.7. The summed E-state index contributed by atoms with van der Waals surface area (Å²) < 4.78 is 0. The molecule has 0 aromatic heterocycles. The van der Waals surface area contributed by atoms with E-state index in [2.05, 4.69) is 24.2 Å². The second-order valence-electron chi connectivity index (χ2n) is 4.89. The average molecular weight is 227 g/mol. The number of likely N-dealkylation sites (tertiary alicyclic amines) is 1. The van der Waals surface area contributed by atoms with Crippen LogP contribution < -0.4 is 11.3 Å². The molecule has 4 nitrogen and oxygen atoms in total. The van der Waals surface area contributed by atoms with Crippen LogP contribution in [0.2, 0.25) is 0 Å². The number of hydrogen-bond acceptors (Lipinski definition) is 3. The first-order chi connectivity index (χ1) is 7.69. The van der Waals surface area contributed by atoms with Crippen molar-refractivity contribution in [3.8, 4) is 0 Å². The van der Waals surface area contributed by atoms with E-state index in [-0.39, 0.29) is 11.9 Å². The number of nitrogens with zero attached hydrogens (tertiary/aromatic N) is 1. The van der Waals surface area contributed by atoms with Gasteiger partial charge in [-0.3, -0.25) is 15.1 Å². The summed E-state index contributed by atoms with van der Waals surface area (Å²) in [4.78, 5) is 14.0. The normalized spacial score (nSPS) is 24.8. The van der Waals surface area contributed by atoms with Crippen molar-refractivity contribution in [1.82, 2.24) is 10.3 Å². The minimum Gasteiger partial charge on any atom is -0.293 e. The van der Waals surface area contributed by atoms with Crippen LogP contribution >= 0.6 is 0 Å². The van der Waals surface area contributed by atoms with E-state index in [4.69, 9.17) is 5.84 Å². The van der Waals surface area contributed by atoms with Gasteiger partial charge in [0.15, 0.2) is 0 Å². The fourth-order valence-electron chi connectivity index (χ4n) is 2.45. The summed E-state index contributed by atoms with van der Waals surface area (Å²) >= 11 is 0. The molecule has 1 amide bonds. The summed E-state index contributed by atoms with van der Waals surface area (Å²) in [6.45, 7) is 6.46. The van der Waals surface area contributed by atoms with Crippen LogP contribution in [0.3, 0.4) is 0 Å². The van der Waals surface area contributed by atoms with Crippen molar-refractivity contribution >= 4 is 5.91 Å². The van der Waals surface area contributed by atoms with Crippen LogP contribution in [0.15, 0.2) is 0 Å². The summed E-state index contributed by atoms with van der Waals surface area (Å²) in [5.41, 5.74) is 2.30. The van der Waals surface area contributed by atoms with E-state index in [0.717, 1.165) is 31.8 Å². The third kappa shape index (κ3) is 3.76. The Morgan fingerprint density at radius 3 is 2.88 bits per heavy atom. The van der Waals surface area contributed by atoms with Crippen LogP contribution in [0.25, 0.3) is 0 Å². The highest BCUT2D eigenvalue weighted by Crippen LogP contribution is 2.19. The number of nitrogens with one attached hydrogen (secondary N) is 1. The van der Waals surface area contributed by atoms with Gasteiger partial charge in [-0.05, 0) is 44.7 Å². The number of rotatable bonds is 4. The highest BCUT2D eigenvalue weighted by atomic mass is 16.2. The van der Waals surface area contributed by atoms with Crippen LogP contribution in [0, 0.1) is 5.92 Å². The van der Waals surface area contributed by atoms with E-state index in [1.54, 1.807) is 0 Å². The summed E-state index contributed by atoms with van der Waals surface area (Å²) in [5.74, 6) is 6.00. The number of hydrazine groups is 1. The van der Waals surface area contributed by atoms with Crippen molar-refractivity contribution in [3.05, 3.63) is 0 Å². The van der Waals surface area contributed by atoms with Crippen molar-refractivity contribution in [2.45, 2.75) is 52.0 Å². The monoisotopic (exact) mass is 227 g/mol. The molecule has 2 atom stereocenters. The Morgan fingerprint density at radius 1 is 1.50 bits per heavy atom. The Bertz CT molecular complexity index is 220. The van der Waals surface area contributed by atoms with Crippen molar-refractivity contribution in [2.24, 2.45) is 11.8 Å². The second kappa shape index (κ2) is 6.86. The molecule has 4 heteroatoms. The molecule has 0 spiro atoms. The minimum atomic E-state index is -0.0311. The molecule has 1 saturated heterocycles. The summed E-state index contributed by atoms with van der Waals surface area (Å²) in [5, 5.41) is 0. The molecular formula is C12H25N3O. The quantitative estimate of drug-likeness (QED) is 0.432. The van der Waals surface area contributed by atoms with E-state index in [9.17, 15) is 4.79 Å². The molecule has 1 heterocycles. The molecule has 0 bridgehead atoms. The Labute approximate surface area is 98.5 Å². The Kier molecular flexibility index (Phi) is 5.77. The molecule has 1 aliphatic rings. The molecule has 0 aliphatic carbocycles. The maximum Gasteiger partial charge on any atom is 0.251 e. The standard InChI is InChI=1S/C12H25N3O/c1-3-5-11(12(16)14-13)15-8-4-6-10(2)7-9-15/h10-11H,3-9,13H2,1-2H3,(H,14,16). The lowest BCUT2D eigenvalue weighted by molar-refractivity contribution is -0.126. The lowest BCUT2D eigenvalue weighted by Gasteiger charge is -2.28. The smallest absolute Gasteiger partial charge is 0.251 e. The van der Waals surface area contributed by atoms with Gasteiger partial charge < -0.3 is 0 Å². The third-order valence-electron chi connectivity index (χ3n) is 3.50. The fourth-order valence-corrected chi connectivity index (χ4v) is 2.45. The zero-order valence-corrected chi connectivity index (χ0v) is 10.5. The summed E-state index contributed by atoms with van der Waals surface area (Å²) in [6.07, 6.45) is 5.58. The van der Waals surface area contributed by atoms with Gasteiger partial charge in [0.2, 0.25) is 0 Å². The molecule has 1 rings (SSSR count). The van der Waals surface area contributed by atoms with Crippen LogP contribution in [-0.4, -0.2) is 29.9 Å². The molecule has 1 fully saturated rings. The van der Waals surface area contributed by atoms with Crippen molar-refractivity contribution in [1.29, 1.82) is 0 Å². The number of nitrogens with two attached hydrogens (primary N) is 1. The first-order valence-corrected chi connectivity index (χ1v) is 6.43. The number of amides is 1. The van der Waals surface area contributed by atoms with E-state index in [0.29, 0.717) is 0 Å². The summed E-state index contributed by atoms with van der Waals surface area (Å²) in [6, 6.07) is -0.0275. The maximum absolute atomic E-state index is 11.7. The van der Waals surface area contributed by atoms with Gasteiger partial charge in [-0.1, -0.05) is 20.3 Å². The van der Waals surface area contributed by atoms with Gasteiger partial charge in [0.05, 0.1) is 6.04 Å². The van der Waals surface area contributed by atoms with Gasteiger partial charge in [0, 0.05) is 0 Å². The Hall–Kier alpha value is -0.610. The molecule has 2 unspecified atom stereocenters. The molecule has 0 saturated carbocycles. The van der Waals surface area contributed by atoms with E-state index in [1.807, 2.05) is 0 Å². The first-order valence-electron chi connectivity index (χ1n) is 6.43. The first kappa shape index (κ1) is 13.5. The Morgan fingerprint density at radius 2 is 2.25 bits per heavy atom. The van der Waals surface area contributed by atoms with Crippen molar-refractivity contribution in [3.63, 3.8) is 0 Å². The predicted molar refractivity (Wildman–Crippen MR) is 65.6 cm³/mol. The Balaban J connectivity index is 2.58. The highest BCUT2D eigenvalue weighted by Gasteiger charge is 2.26. The molecular weight excluding hydrogens is 202 g/mol. The van der Waals surface area contributed by atoms with E-state index in [1.165, 1.54) is 19.3 Å². The van der Waals surface area contributed by atoms with Gasteiger partial charge in [-0.15, -0.1) is 0 Å². The highest BCUT2D eigenvalue weighted by molar-refractivity contribution is 5.81. The molecule has 0 aromatic rings. The topological polar surface area (TPSA) is 58.4 Å². The van der Waals surface area contributed by atoms with Crippen LogP contribution in [0.5, 0.6) is 0 Å². The van der Waals surface area contributed by atoms with E-state index < -0.39 is 0 Å². The number of carbonyl (C=O) groups is 1. The molecule has 94 valence electrons. The van der Waals surface area contributed by atoms with Crippen LogP contribution in [0.1, 0.15) is 46.0 Å². The molecule has 1 aliphatic heterocycles. The van der Waals surface area contributed by atoms with Gasteiger partial charge in [0.1, 0.15) is 0 Å². The zero-order chi connectivity index (χ0) is 12.0. The van der Waals surface area contributed by atoms with Crippen LogP contribution in [0.4, 0.5) is 0 Å². The van der Waals surface area contributed by atoms with Crippen LogP contribution in [-0.2, 0) is 4.79 Å². The number of hydrogen-bond donors (Lipinski definition) is 2. The molecule has 0 aromatic carbocycles. The van der Waals surface area contributed by atoms with Gasteiger partial charge in [0.25, 0.3) is 5.91 Å². The van der Waals surface area contributed by atoms with Crippen molar-refractivity contribution < 1.29 is 4.79 Å².